The molecule has 8 heteroatoms. The van der Waals surface area contributed by atoms with Crippen LogP contribution >= 0.6 is 11.3 Å². The summed E-state index contributed by atoms with van der Waals surface area (Å²) in [4.78, 5) is 24.7. The summed E-state index contributed by atoms with van der Waals surface area (Å²) in [6.07, 6.45) is 1.74. The number of thiophene rings is 1. The number of benzene rings is 1. The minimum atomic E-state index is -3.59. The summed E-state index contributed by atoms with van der Waals surface area (Å²) in [5.41, 5.74) is 1.16. The van der Waals surface area contributed by atoms with Crippen molar-refractivity contribution in [2.24, 2.45) is 5.92 Å². The van der Waals surface area contributed by atoms with E-state index in [0.29, 0.717) is 0 Å². The number of carbonyl (C=O) groups excluding carboxylic acids is 1. The standard InChI is InChI=1S/C17H17NO5S2/c1-9-3-4-24-15(9)13-8-14(13)16(19)18-11-5-10(17(20)21)6-12(7-11)25(2,22)23/h3-7,13-14H,8H2,1-2H3,(H,18,19)(H,20,21). The lowest BCUT2D eigenvalue weighted by atomic mass is 10.1. The maximum Gasteiger partial charge on any atom is 0.335 e. The van der Waals surface area contributed by atoms with E-state index in [1.807, 2.05) is 18.4 Å². The Morgan fingerprint density at radius 3 is 2.56 bits per heavy atom. The number of sulfone groups is 1. The molecule has 132 valence electrons. The SMILES string of the molecule is Cc1ccsc1C1CC1C(=O)Nc1cc(C(=O)O)cc(S(C)(=O)=O)c1. The number of nitrogens with one attached hydrogen (secondary N) is 1. The summed E-state index contributed by atoms with van der Waals surface area (Å²) < 4.78 is 23.5. The summed E-state index contributed by atoms with van der Waals surface area (Å²) in [7, 11) is -3.59. The Hall–Kier alpha value is -2.19. The summed E-state index contributed by atoms with van der Waals surface area (Å²) in [6, 6.07) is 5.65. The van der Waals surface area contributed by atoms with Crippen molar-refractivity contribution in [2.45, 2.75) is 24.2 Å². The lowest BCUT2D eigenvalue weighted by molar-refractivity contribution is -0.117. The molecule has 1 aliphatic rings. The molecule has 3 rings (SSSR count). The van der Waals surface area contributed by atoms with Crippen molar-refractivity contribution in [2.75, 3.05) is 11.6 Å². The van der Waals surface area contributed by atoms with E-state index in [0.717, 1.165) is 24.3 Å². The van der Waals surface area contributed by atoms with Gasteiger partial charge in [0.25, 0.3) is 0 Å². The van der Waals surface area contributed by atoms with Crippen LogP contribution in [0.4, 0.5) is 5.69 Å². The van der Waals surface area contributed by atoms with Crippen molar-refractivity contribution in [1.29, 1.82) is 0 Å². The van der Waals surface area contributed by atoms with Crippen LogP contribution in [-0.4, -0.2) is 31.7 Å². The van der Waals surface area contributed by atoms with Crippen molar-refractivity contribution in [3.8, 4) is 0 Å². The van der Waals surface area contributed by atoms with Crippen LogP contribution in [-0.2, 0) is 14.6 Å². The average Bonchev–Trinajstić information content (AvgIpc) is 3.20. The van der Waals surface area contributed by atoms with Crippen molar-refractivity contribution >= 4 is 38.7 Å². The van der Waals surface area contributed by atoms with Gasteiger partial charge in [0.1, 0.15) is 0 Å². The number of anilines is 1. The fraction of sp³-hybridized carbons (Fsp3) is 0.294. The second-order valence-corrected chi connectivity index (χ2v) is 9.19. The molecule has 1 amide bonds. The Morgan fingerprint density at radius 2 is 2.00 bits per heavy atom. The maximum atomic E-state index is 12.4. The third kappa shape index (κ3) is 3.74. The first-order valence-corrected chi connectivity index (χ1v) is 10.4. The molecule has 2 atom stereocenters. The molecule has 0 saturated heterocycles. The Balaban J connectivity index is 1.81. The van der Waals surface area contributed by atoms with Gasteiger partial charge in [-0.1, -0.05) is 0 Å². The van der Waals surface area contributed by atoms with Crippen molar-refractivity contribution in [3.63, 3.8) is 0 Å². The van der Waals surface area contributed by atoms with Crippen LogP contribution in [0, 0.1) is 12.8 Å². The van der Waals surface area contributed by atoms with E-state index >= 15 is 0 Å². The Labute approximate surface area is 149 Å². The molecule has 1 aliphatic carbocycles. The molecule has 0 spiro atoms. The topological polar surface area (TPSA) is 101 Å². The predicted octanol–water partition coefficient (Wildman–Crippen LogP) is 2.90. The van der Waals surface area contributed by atoms with Crippen LogP contribution in [0.25, 0.3) is 0 Å². The number of carboxylic acids is 1. The van der Waals surface area contributed by atoms with Crippen LogP contribution in [0.3, 0.4) is 0 Å². The molecule has 0 radical (unpaired) electrons. The van der Waals surface area contributed by atoms with Crippen LogP contribution in [0.15, 0.2) is 34.5 Å². The van der Waals surface area contributed by atoms with E-state index in [1.165, 1.54) is 17.0 Å². The molecule has 25 heavy (non-hydrogen) atoms. The van der Waals surface area contributed by atoms with Crippen molar-refractivity contribution in [1.82, 2.24) is 0 Å². The minimum Gasteiger partial charge on any atom is -0.478 e. The lowest BCUT2D eigenvalue weighted by Crippen LogP contribution is -2.15. The Kier molecular flexibility index (Phi) is 4.42. The summed E-state index contributed by atoms with van der Waals surface area (Å²) in [5, 5.41) is 13.8. The van der Waals surface area contributed by atoms with Gasteiger partial charge in [0.15, 0.2) is 9.84 Å². The zero-order valence-corrected chi connectivity index (χ0v) is 15.3. The zero-order chi connectivity index (χ0) is 18.4. The van der Waals surface area contributed by atoms with Gasteiger partial charge in [-0.15, -0.1) is 11.3 Å². The second-order valence-electron chi connectivity index (χ2n) is 6.23. The molecule has 1 aromatic carbocycles. The number of carboxylic acid groups (broad SMARTS) is 1. The molecule has 1 heterocycles. The quantitative estimate of drug-likeness (QED) is 0.832. The van der Waals surface area contributed by atoms with E-state index in [1.54, 1.807) is 11.3 Å². The summed E-state index contributed by atoms with van der Waals surface area (Å²) >= 11 is 1.62. The number of hydrogen-bond donors (Lipinski definition) is 2. The second kappa shape index (κ2) is 6.27. The maximum absolute atomic E-state index is 12.4. The molecule has 2 aromatic rings. The largest absolute Gasteiger partial charge is 0.478 e. The number of amides is 1. The molecule has 0 aliphatic heterocycles. The summed E-state index contributed by atoms with van der Waals surface area (Å²) in [5.74, 6) is -1.47. The number of carbonyl (C=O) groups is 2. The average molecular weight is 379 g/mol. The first-order valence-electron chi connectivity index (χ1n) is 7.60. The number of aryl methyl sites for hydroxylation is 1. The number of aromatic carboxylic acids is 1. The van der Waals surface area contributed by atoms with E-state index < -0.39 is 15.8 Å². The zero-order valence-electron chi connectivity index (χ0n) is 13.6. The third-order valence-electron chi connectivity index (χ3n) is 4.21. The van der Waals surface area contributed by atoms with Gasteiger partial charge in [-0.05, 0) is 48.6 Å². The number of hydrogen-bond acceptors (Lipinski definition) is 5. The normalized spacial score (nSPS) is 19.4. The highest BCUT2D eigenvalue weighted by Crippen LogP contribution is 2.50. The Bertz CT molecular complexity index is 961. The lowest BCUT2D eigenvalue weighted by Gasteiger charge is -2.09. The molecule has 1 aromatic heterocycles. The van der Waals surface area contributed by atoms with E-state index in [-0.39, 0.29) is 33.9 Å². The molecular formula is C17H17NO5S2. The monoisotopic (exact) mass is 379 g/mol. The van der Waals surface area contributed by atoms with Crippen LogP contribution in [0.1, 0.15) is 33.1 Å². The highest BCUT2D eigenvalue weighted by Gasteiger charge is 2.45. The van der Waals surface area contributed by atoms with Crippen LogP contribution < -0.4 is 5.32 Å². The fourth-order valence-corrected chi connectivity index (χ4v) is 4.57. The van der Waals surface area contributed by atoms with Gasteiger partial charge in [0, 0.05) is 28.7 Å². The number of rotatable bonds is 5. The van der Waals surface area contributed by atoms with Gasteiger partial charge in [-0.2, -0.15) is 0 Å². The molecule has 6 nitrogen and oxygen atoms in total. The van der Waals surface area contributed by atoms with Crippen LogP contribution in [0.5, 0.6) is 0 Å². The summed E-state index contributed by atoms with van der Waals surface area (Å²) in [6.45, 7) is 2.01. The molecular weight excluding hydrogens is 362 g/mol. The fourth-order valence-electron chi connectivity index (χ4n) is 2.78. The molecule has 1 saturated carbocycles. The molecule has 0 bridgehead atoms. The smallest absolute Gasteiger partial charge is 0.335 e. The minimum absolute atomic E-state index is 0.135. The van der Waals surface area contributed by atoms with Gasteiger partial charge in [-0.3, -0.25) is 4.79 Å². The van der Waals surface area contributed by atoms with E-state index in [2.05, 4.69) is 5.32 Å². The highest BCUT2D eigenvalue weighted by molar-refractivity contribution is 7.90. The third-order valence-corrected chi connectivity index (χ3v) is 6.46. The van der Waals surface area contributed by atoms with Crippen LogP contribution in [0.2, 0.25) is 0 Å². The van der Waals surface area contributed by atoms with Gasteiger partial charge >= 0.3 is 5.97 Å². The van der Waals surface area contributed by atoms with Gasteiger partial charge in [0.2, 0.25) is 5.91 Å². The van der Waals surface area contributed by atoms with E-state index in [9.17, 15) is 18.0 Å². The molecule has 2 unspecified atom stereocenters. The van der Waals surface area contributed by atoms with E-state index in [4.69, 9.17) is 5.11 Å². The van der Waals surface area contributed by atoms with Crippen molar-refractivity contribution in [3.05, 3.63) is 45.6 Å². The van der Waals surface area contributed by atoms with Crippen molar-refractivity contribution < 1.29 is 23.1 Å². The first kappa shape index (κ1) is 17.6. The first-order chi connectivity index (χ1) is 11.7. The molecule has 2 N–H and O–H groups in total. The highest BCUT2D eigenvalue weighted by atomic mass is 32.2. The van der Waals surface area contributed by atoms with Gasteiger partial charge in [0.05, 0.1) is 10.5 Å². The predicted molar refractivity (Wildman–Crippen MR) is 95.0 cm³/mol. The van der Waals surface area contributed by atoms with Gasteiger partial charge in [-0.25, -0.2) is 13.2 Å². The molecule has 1 fully saturated rings. The Morgan fingerprint density at radius 1 is 1.28 bits per heavy atom. The van der Waals surface area contributed by atoms with Gasteiger partial charge < -0.3 is 10.4 Å².